The van der Waals surface area contributed by atoms with Crippen molar-refractivity contribution in [1.29, 1.82) is 0 Å². The summed E-state index contributed by atoms with van der Waals surface area (Å²) in [6.07, 6.45) is 0. The predicted octanol–water partition coefficient (Wildman–Crippen LogP) is 0.810. The number of carbonyl (C=O) groups is 2. The van der Waals surface area contributed by atoms with Gasteiger partial charge in [-0.05, 0) is 26.0 Å². The number of nitrogens with zero attached hydrogens (tertiary/aromatic N) is 1. The molecule has 0 heterocycles. The average Bonchev–Trinajstić information content (AvgIpc) is 2.32. The van der Waals surface area contributed by atoms with Crippen LogP contribution < -0.4 is 5.11 Å². The van der Waals surface area contributed by atoms with E-state index in [0.29, 0.717) is 6.07 Å². The monoisotopic (exact) mass is 256 g/mol. The fourth-order valence-corrected chi connectivity index (χ4v) is 1.63. The number of aromatic carboxylic acids is 1. The van der Waals surface area contributed by atoms with E-state index in [-0.39, 0.29) is 13.1 Å². The molecule has 0 saturated carbocycles. The molecular formula is C12H12F2NO3-. The highest BCUT2D eigenvalue weighted by molar-refractivity contribution is 6.04. The lowest BCUT2D eigenvalue weighted by atomic mass is 10.0. The number of amides is 1. The number of benzene rings is 1. The summed E-state index contributed by atoms with van der Waals surface area (Å²) in [7, 11) is 0. The standard InChI is InChI=1S/C12H13F2NO3/c1-3-15(4-2)11(16)9-7(13)5-6-8(14)10(9)12(17)18/h5-6H,3-4H2,1-2H3,(H,17,18)/p-1. The lowest BCUT2D eigenvalue weighted by molar-refractivity contribution is -0.255. The van der Waals surface area contributed by atoms with Crippen LogP contribution in [0, 0.1) is 11.6 Å². The molecule has 1 aromatic carbocycles. The van der Waals surface area contributed by atoms with E-state index in [1.807, 2.05) is 0 Å². The van der Waals surface area contributed by atoms with Crippen LogP contribution in [0.2, 0.25) is 0 Å². The van der Waals surface area contributed by atoms with Gasteiger partial charge < -0.3 is 14.8 Å². The molecule has 0 fully saturated rings. The Balaban J connectivity index is 3.43. The molecule has 98 valence electrons. The molecule has 0 aromatic heterocycles. The smallest absolute Gasteiger partial charge is 0.257 e. The molecule has 6 heteroatoms. The van der Waals surface area contributed by atoms with Crippen LogP contribution in [0.1, 0.15) is 34.6 Å². The van der Waals surface area contributed by atoms with Crippen molar-refractivity contribution in [3.63, 3.8) is 0 Å². The van der Waals surface area contributed by atoms with E-state index in [0.717, 1.165) is 6.07 Å². The molecule has 1 aromatic rings. The number of hydrogen-bond acceptors (Lipinski definition) is 3. The number of hydrogen-bond donors (Lipinski definition) is 0. The third-order valence-corrected chi connectivity index (χ3v) is 2.57. The molecule has 0 atom stereocenters. The average molecular weight is 256 g/mol. The molecule has 0 unspecified atom stereocenters. The fourth-order valence-electron chi connectivity index (χ4n) is 1.63. The van der Waals surface area contributed by atoms with Gasteiger partial charge in [0.1, 0.15) is 11.6 Å². The summed E-state index contributed by atoms with van der Waals surface area (Å²) < 4.78 is 26.9. The van der Waals surface area contributed by atoms with Crippen molar-refractivity contribution in [3.05, 3.63) is 34.9 Å². The first-order valence-corrected chi connectivity index (χ1v) is 5.42. The van der Waals surface area contributed by atoms with Crippen LogP contribution in [0.5, 0.6) is 0 Å². The van der Waals surface area contributed by atoms with Gasteiger partial charge in [-0.2, -0.15) is 0 Å². The normalized spacial score (nSPS) is 10.2. The van der Waals surface area contributed by atoms with Crippen molar-refractivity contribution in [1.82, 2.24) is 4.90 Å². The minimum Gasteiger partial charge on any atom is -0.545 e. The first kappa shape index (κ1) is 14.1. The third-order valence-electron chi connectivity index (χ3n) is 2.57. The Morgan fingerprint density at radius 3 is 1.94 bits per heavy atom. The Morgan fingerprint density at radius 2 is 1.56 bits per heavy atom. The summed E-state index contributed by atoms with van der Waals surface area (Å²) in [5, 5.41) is 10.8. The second-order valence-corrected chi connectivity index (χ2v) is 3.54. The highest BCUT2D eigenvalue weighted by Gasteiger charge is 2.24. The lowest BCUT2D eigenvalue weighted by Crippen LogP contribution is -2.35. The number of carbonyl (C=O) groups excluding carboxylic acids is 2. The van der Waals surface area contributed by atoms with Gasteiger partial charge in [-0.1, -0.05) is 0 Å². The van der Waals surface area contributed by atoms with Crippen LogP contribution in [-0.2, 0) is 0 Å². The Kier molecular flexibility index (Phi) is 4.36. The van der Waals surface area contributed by atoms with Gasteiger partial charge >= 0.3 is 0 Å². The van der Waals surface area contributed by atoms with Crippen LogP contribution in [0.3, 0.4) is 0 Å². The molecular weight excluding hydrogens is 244 g/mol. The molecule has 0 aliphatic rings. The summed E-state index contributed by atoms with van der Waals surface area (Å²) in [6, 6.07) is 1.37. The maximum atomic E-state index is 13.6. The number of carboxylic acids is 1. The van der Waals surface area contributed by atoms with E-state index < -0.39 is 34.6 Å². The topological polar surface area (TPSA) is 60.4 Å². The predicted molar refractivity (Wildman–Crippen MR) is 57.9 cm³/mol. The van der Waals surface area contributed by atoms with E-state index in [1.165, 1.54) is 4.90 Å². The van der Waals surface area contributed by atoms with Gasteiger partial charge in [0.05, 0.1) is 11.5 Å². The van der Waals surface area contributed by atoms with E-state index in [4.69, 9.17) is 0 Å². The van der Waals surface area contributed by atoms with Crippen LogP contribution in [0.4, 0.5) is 8.78 Å². The number of rotatable bonds is 4. The Morgan fingerprint density at radius 1 is 1.11 bits per heavy atom. The zero-order valence-corrected chi connectivity index (χ0v) is 10.00. The Bertz CT molecular complexity index is 484. The maximum absolute atomic E-state index is 13.6. The highest BCUT2D eigenvalue weighted by atomic mass is 19.1. The SMILES string of the molecule is CCN(CC)C(=O)c1c(F)ccc(F)c1C(=O)[O-]. The van der Waals surface area contributed by atoms with Crippen molar-refractivity contribution in [2.24, 2.45) is 0 Å². The lowest BCUT2D eigenvalue weighted by Gasteiger charge is -2.21. The minimum absolute atomic E-state index is 0.262. The summed E-state index contributed by atoms with van der Waals surface area (Å²) in [6.45, 7) is 3.82. The molecule has 0 aliphatic carbocycles. The molecule has 0 spiro atoms. The van der Waals surface area contributed by atoms with Crippen molar-refractivity contribution in [3.8, 4) is 0 Å². The van der Waals surface area contributed by atoms with Crippen LogP contribution in [0.15, 0.2) is 12.1 Å². The van der Waals surface area contributed by atoms with Crippen LogP contribution >= 0.6 is 0 Å². The summed E-state index contributed by atoms with van der Waals surface area (Å²) >= 11 is 0. The van der Waals surface area contributed by atoms with E-state index >= 15 is 0 Å². The van der Waals surface area contributed by atoms with Gasteiger partial charge in [0, 0.05) is 18.7 Å². The number of carboxylic acid groups (broad SMARTS) is 1. The van der Waals surface area contributed by atoms with Crippen molar-refractivity contribution in [2.45, 2.75) is 13.8 Å². The van der Waals surface area contributed by atoms with E-state index in [2.05, 4.69) is 0 Å². The molecule has 0 N–H and O–H groups in total. The zero-order chi connectivity index (χ0) is 13.9. The van der Waals surface area contributed by atoms with Gasteiger partial charge in [0.25, 0.3) is 5.91 Å². The molecule has 0 bridgehead atoms. The van der Waals surface area contributed by atoms with Gasteiger partial charge in [-0.25, -0.2) is 8.78 Å². The maximum Gasteiger partial charge on any atom is 0.257 e. The van der Waals surface area contributed by atoms with Crippen molar-refractivity contribution in [2.75, 3.05) is 13.1 Å². The van der Waals surface area contributed by atoms with E-state index in [1.54, 1.807) is 13.8 Å². The summed E-state index contributed by atoms with van der Waals surface area (Å²) in [4.78, 5) is 23.9. The van der Waals surface area contributed by atoms with Gasteiger partial charge in [-0.15, -0.1) is 0 Å². The minimum atomic E-state index is -1.91. The first-order chi connectivity index (χ1) is 8.43. The molecule has 4 nitrogen and oxygen atoms in total. The van der Waals surface area contributed by atoms with Crippen molar-refractivity contribution < 1.29 is 23.5 Å². The second-order valence-electron chi connectivity index (χ2n) is 3.54. The zero-order valence-electron chi connectivity index (χ0n) is 10.00. The first-order valence-electron chi connectivity index (χ1n) is 5.42. The molecule has 0 aliphatic heterocycles. The third kappa shape index (κ3) is 2.47. The van der Waals surface area contributed by atoms with E-state index in [9.17, 15) is 23.5 Å². The molecule has 18 heavy (non-hydrogen) atoms. The van der Waals surface area contributed by atoms with Crippen LogP contribution in [-0.4, -0.2) is 29.9 Å². The van der Waals surface area contributed by atoms with Gasteiger partial charge in [-0.3, -0.25) is 4.79 Å². The largest absolute Gasteiger partial charge is 0.545 e. The number of halogens is 2. The van der Waals surface area contributed by atoms with Crippen molar-refractivity contribution >= 4 is 11.9 Å². The molecule has 0 radical (unpaired) electrons. The van der Waals surface area contributed by atoms with Gasteiger partial charge in [0.2, 0.25) is 0 Å². The fraction of sp³-hybridized carbons (Fsp3) is 0.333. The molecule has 1 rings (SSSR count). The Labute approximate surface area is 103 Å². The second kappa shape index (κ2) is 5.57. The highest BCUT2D eigenvalue weighted by Crippen LogP contribution is 2.19. The Hall–Kier alpha value is -1.98. The summed E-state index contributed by atoms with van der Waals surface area (Å²) in [5.41, 5.74) is -1.83. The molecule has 1 amide bonds. The van der Waals surface area contributed by atoms with Gasteiger partial charge in [0.15, 0.2) is 0 Å². The summed E-state index contributed by atoms with van der Waals surface area (Å²) in [5.74, 6) is -5.04. The quantitative estimate of drug-likeness (QED) is 0.801. The molecule has 0 saturated heterocycles. The van der Waals surface area contributed by atoms with Crippen LogP contribution in [0.25, 0.3) is 0 Å².